The third-order valence-electron chi connectivity index (χ3n) is 5.02. The third-order valence-corrected chi connectivity index (χ3v) is 5.74. The number of rotatable bonds is 4. The first-order chi connectivity index (χ1) is 9.74. The van der Waals surface area contributed by atoms with Gasteiger partial charge in [0.15, 0.2) is 0 Å². The van der Waals surface area contributed by atoms with Crippen LogP contribution in [0.3, 0.4) is 0 Å². The van der Waals surface area contributed by atoms with Crippen molar-refractivity contribution in [1.29, 1.82) is 0 Å². The van der Waals surface area contributed by atoms with Crippen LogP contribution < -0.4 is 0 Å². The number of alkyl halides is 1. The van der Waals surface area contributed by atoms with Gasteiger partial charge in [-0.1, -0.05) is 71.7 Å². The summed E-state index contributed by atoms with van der Waals surface area (Å²) in [5, 5.41) is 0.163. The zero-order chi connectivity index (χ0) is 15.7. The van der Waals surface area contributed by atoms with Gasteiger partial charge in [0, 0.05) is 0 Å². The van der Waals surface area contributed by atoms with Crippen LogP contribution in [-0.2, 0) is 5.41 Å². The Balaban J connectivity index is 2.23. The number of hydrogen-bond donors (Lipinski definition) is 0. The summed E-state index contributed by atoms with van der Waals surface area (Å²) in [6.45, 7) is 11.4. The topological polar surface area (TPSA) is 0 Å². The van der Waals surface area contributed by atoms with Gasteiger partial charge < -0.3 is 0 Å². The van der Waals surface area contributed by atoms with Crippen molar-refractivity contribution in [2.24, 2.45) is 11.3 Å². The summed E-state index contributed by atoms with van der Waals surface area (Å²) < 4.78 is 0. The lowest BCUT2D eigenvalue weighted by Gasteiger charge is -2.36. The average Bonchev–Trinajstić information content (AvgIpc) is 2.86. The van der Waals surface area contributed by atoms with E-state index >= 15 is 0 Å². The zero-order valence-corrected chi connectivity index (χ0v) is 15.1. The van der Waals surface area contributed by atoms with E-state index in [9.17, 15) is 0 Å². The quantitative estimate of drug-likeness (QED) is 0.532. The lowest BCUT2D eigenvalue weighted by atomic mass is 9.73. The largest absolute Gasteiger partial charge is 0.117 e. The van der Waals surface area contributed by atoms with Gasteiger partial charge in [-0.15, -0.1) is 11.6 Å². The summed E-state index contributed by atoms with van der Waals surface area (Å²) in [5.74, 6) is 0.721. The van der Waals surface area contributed by atoms with Crippen molar-refractivity contribution in [1.82, 2.24) is 0 Å². The molecule has 0 aromatic heterocycles. The van der Waals surface area contributed by atoms with E-state index in [1.54, 1.807) is 0 Å². The molecule has 1 fully saturated rings. The molecule has 0 amide bonds. The number of halogens is 1. The van der Waals surface area contributed by atoms with Crippen LogP contribution in [-0.4, -0.2) is 0 Å². The van der Waals surface area contributed by atoms with Gasteiger partial charge in [0.25, 0.3) is 0 Å². The van der Waals surface area contributed by atoms with Crippen molar-refractivity contribution in [3.05, 3.63) is 35.4 Å². The van der Waals surface area contributed by atoms with Crippen molar-refractivity contribution >= 4 is 11.6 Å². The summed E-state index contributed by atoms with van der Waals surface area (Å²) in [4.78, 5) is 0. The Kier molecular flexibility index (Phi) is 5.08. The second-order valence-corrected chi connectivity index (χ2v) is 8.84. The molecule has 0 bridgehead atoms. The Bertz CT molecular complexity index is 444. The molecule has 1 heteroatoms. The fourth-order valence-corrected chi connectivity index (χ4v) is 4.41. The molecule has 0 aliphatic heterocycles. The molecular weight excluding hydrogens is 276 g/mol. The Hall–Kier alpha value is -0.490. The van der Waals surface area contributed by atoms with Gasteiger partial charge in [-0.2, -0.15) is 0 Å². The van der Waals surface area contributed by atoms with E-state index in [4.69, 9.17) is 11.6 Å². The van der Waals surface area contributed by atoms with E-state index in [0.29, 0.717) is 5.41 Å². The van der Waals surface area contributed by atoms with Crippen LogP contribution in [0, 0.1) is 11.3 Å². The summed E-state index contributed by atoms with van der Waals surface area (Å²) >= 11 is 6.98. The van der Waals surface area contributed by atoms with Crippen LogP contribution >= 0.6 is 11.6 Å². The van der Waals surface area contributed by atoms with Gasteiger partial charge in [-0.05, 0) is 47.1 Å². The lowest BCUT2D eigenvalue weighted by Crippen LogP contribution is -2.25. The molecule has 1 aromatic rings. The van der Waals surface area contributed by atoms with Crippen LogP contribution in [0.25, 0.3) is 0 Å². The predicted molar refractivity (Wildman–Crippen MR) is 94.1 cm³/mol. The molecule has 1 saturated carbocycles. The first-order valence-electron chi connectivity index (χ1n) is 8.49. The molecule has 1 unspecified atom stereocenters. The first-order valence-corrected chi connectivity index (χ1v) is 8.93. The Morgan fingerprint density at radius 2 is 1.57 bits per heavy atom. The van der Waals surface area contributed by atoms with Gasteiger partial charge >= 0.3 is 0 Å². The Morgan fingerprint density at radius 3 is 2.00 bits per heavy atom. The standard InChI is InChI=1S/C20H31Cl/c1-15(2)14-20(12-6-7-13-20)18(21)16-8-10-17(11-9-16)19(3,4)5/h8-11,15,18H,6-7,12-14H2,1-5H3. The van der Waals surface area contributed by atoms with Crippen LogP contribution in [0.5, 0.6) is 0 Å². The fourth-order valence-electron chi connectivity index (χ4n) is 3.96. The maximum atomic E-state index is 6.98. The van der Waals surface area contributed by atoms with Crippen molar-refractivity contribution in [3.8, 4) is 0 Å². The molecule has 1 aliphatic carbocycles. The monoisotopic (exact) mass is 306 g/mol. The summed E-state index contributed by atoms with van der Waals surface area (Å²) in [6.07, 6.45) is 6.52. The predicted octanol–water partition coefficient (Wildman–Crippen LogP) is 6.87. The maximum absolute atomic E-state index is 6.98. The minimum absolute atomic E-state index is 0.163. The summed E-state index contributed by atoms with van der Waals surface area (Å²) in [5.41, 5.74) is 3.23. The van der Waals surface area contributed by atoms with Crippen LogP contribution in [0.2, 0.25) is 0 Å². The second-order valence-electron chi connectivity index (χ2n) is 8.40. The highest BCUT2D eigenvalue weighted by Gasteiger charge is 2.41. The van der Waals surface area contributed by atoms with Gasteiger partial charge in [0.1, 0.15) is 0 Å². The maximum Gasteiger partial charge on any atom is 0.0641 e. The van der Waals surface area contributed by atoms with Crippen molar-refractivity contribution in [3.63, 3.8) is 0 Å². The second kappa shape index (κ2) is 6.32. The molecule has 1 aliphatic rings. The highest BCUT2D eigenvalue weighted by Crippen LogP contribution is 2.54. The van der Waals surface area contributed by atoms with Gasteiger partial charge in [0.05, 0.1) is 5.38 Å². The van der Waals surface area contributed by atoms with E-state index in [1.165, 1.54) is 43.2 Å². The lowest BCUT2D eigenvalue weighted by molar-refractivity contribution is 0.223. The summed E-state index contributed by atoms with van der Waals surface area (Å²) in [7, 11) is 0. The van der Waals surface area contributed by atoms with E-state index in [1.807, 2.05) is 0 Å². The molecule has 0 saturated heterocycles. The van der Waals surface area contributed by atoms with E-state index in [2.05, 4.69) is 58.9 Å². The number of benzene rings is 1. The number of hydrogen-bond acceptors (Lipinski definition) is 0. The molecule has 1 aromatic carbocycles. The molecule has 0 N–H and O–H groups in total. The van der Waals surface area contributed by atoms with Crippen LogP contribution in [0.15, 0.2) is 24.3 Å². The summed E-state index contributed by atoms with van der Waals surface area (Å²) in [6, 6.07) is 9.06. The fraction of sp³-hybridized carbons (Fsp3) is 0.700. The minimum Gasteiger partial charge on any atom is -0.117 e. The van der Waals surface area contributed by atoms with E-state index in [-0.39, 0.29) is 10.8 Å². The SMILES string of the molecule is CC(C)CC1(C(Cl)c2ccc(C(C)(C)C)cc2)CCCC1. The molecular formula is C20H31Cl. The highest BCUT2D eigenvalue weighted by atomic mass is 35.5. The van der Waals surface area contributed by atoms with Crippen molar-refractivity contribution in [2.75, 3.05) is 0 Å². The first kappa shape index (κ1) is 16.9. The van der Waals surface area contributed by atoms with E-state index < -0.39 is 0 Å². The zero-order valence-electron chi connectivity index (χ0n) is 14.4. The molecule has 1 atom stereocenters. The minimum atomic E-state index is 0.163. The van der Waals surface area contributed by atoms with Crippen molar-refractivity contribution < 1.29 is 0 Å². The molecule has 0 radical (unpaired) electrons. The smallest absolute Gasteiger partial charge is 0.0641 e. The van der Waals surface area contributed by atoms with Crippen LogP contribution in [0.4, 0.5) is 0 Å². The molecule has 0 heterocycles. The molecule has 118 valence electrons. The molecule has 2 rings (SSSR count). The Labute approximate surface area is 136 Å². The van der Waals surface area contributed by atoms with E-state index in [0.717, 1.165) is 5.92 Å². The normalized spacial score (nSPS) is 20.0. The highest BCUT2D eigenvalue weighted by molar-refractivity contribution is 6.21. The van der Waals surface area contributed by atoms with Gasteiger partial charge in [-0.25, -0.2) is 0 Å². The molecule has 0 nitrogen and oxygen atoms in total. The average molecular weight is 307 g/mol. The third kappa shape index (κ3) is 3.83. The van der Waals surface area contributed by atoms with Gasteiger partial charge in [-0.3, -0.25) is 0 Å². The van der Waals surface area contributed by atoms with Gasteiger partial charge in [0.2, 0.25) is 0 Å². The van der Waals surface area contributed by atoms with Crippen LogP contribution in [0.1, 0.15) is 83.2 Å². The molecule has 0 spiro atoms. The Morgan fingerprint density at radius 1 is 1.05 bits per heavy atom. The van der Waals surface area contributed by atoms with Crippen molar-refractivity contribution in [2.45, 2.75) is 77.5 Å². The molecule has 21 heavy (non-hydrogen) atoms.